The van der Waals surface area contributed by atoms with E-state index in [9.17, 15) is 0 Å². The number of benzene rings is 1. The van der Waals surface area contributed by atoms with Crippen LogP contribution in [0.1, 0.15) is 11.0 Å². The molecule has 2 nitrogen and oxygen atoms in total. The molecule has 1 aromatic heterocycles. The van der Waals surface area contributed by atoms with Gasteiger partial charge < -0.3 is 10.5 Å². The summed E-state index contributed by atoms with van der Waals surface area (Å²) in [6.45, 7) is 0.381. The quantitative estimate of drug-likeness (QED) is 0.835. The predicted molar refractivity (Wildman–Crippen MR) is 80.9 cm³/mol. The van der Waals surface area contributed by atoms with Gasteiger partial charge in [-0.3, -0.25) is 0 Å². The number of hydrogen-bond acceptors (Lipinski definition) is 3. The first-order valence-corrected chi connectivity index (χ1v) is 7.53. The average Bonchev–Trinajstić information content (AvgIpc) is 2.75. The predicted octanol–water partition coefficient (Wildman–Crippen LogP) is 4.90. The third-order valence-corrected chi connectivity index (χ3v) is 4.53. The lowest BCUT2D eigenvalue weighted by atomic mass is 10.3. The lowest BCUT2D eigenvalue weighted by Gasteiger charge is -2.17. The van der Waals surface area contributed by atoms with E-state index < -0.39 is 0 Å². The van der Waals surface area contributed by atoms with Crippen molar-refractivity contribution in [3.8, 4) is 5.75 Å². The van der Waals surface area contributed by atoms with Crippen molar-refractivity contribution >= 4 is 50.5 Å². The van der Waals surface area contributed by atoms with Crippen LogP contribution in [0.15, 0.2) is 34.1 Å². The molecule has 0 spiro atoms. The van der Waals surface area contributed by atoms with E-state index in [4.69, 9.17) is 33.7 Å². The molecule has 2 rings (SSSR count). The minimum absolute atomic E-state index is 0.208. The van der Waals surface area contributed by atoms with Gasteiger partial charge in [-0.25, -0.2) is 0 Å². The zero-order valence-corrected chi connectivity index (χ0v) is 13.1. The lowest BCUT2D eigenvalue weighted by Crippen LogP contribution is -2.17. The van der Waals surface area contributed by atoms with Crippen molar-refractivity contribution in [3.63, 3.8) is 0 Å². The first-order valence-electron chi connectivity index (χ1n) is 5.17. The fraction of sp³-hybridized carbons (Fsp3) is 0.167. The number of ether oxygens (including phenoxy) is 1. The van der Waals surface area contributed by atoms with Gasteiger partial charge in [0.1, 0.15) is 11.9 Å². The molecule has 0 fully saturated rings. The maximum atomic E-state index is 6.07. The van der Waals surface area contributed by atoms with E-state index in [-0.39, 0.29) is 6.10 Å². The molecule has 96 valence electrons. The standard InChI is InChI=1S/C12H10BrCl2NOS/c13-12-4-3-11(18-12)10(6-16)17-9-2-1-7(14)5-8(9)15/h1-5,10H,6,16H2. The summed E-state index contributed by atoms with van der Waals surface area (Å²) in [6, 6.07) is 9.08. The second kappa shape index (κ2) is 6.26. The second-order valence-electron chi connectivity index (χ2n) is 3.56. The van der Waals surface area contributed by atoms with Crippen LogP contribution in [0.25, 0.3) is 0 Å². The minimum Gasteiger partial charge on any atom is -0.482 e. The second-order valence-corrected chi connectivity index (χ2v) is 6.90. The van der Waals surface area contributed by atoms with Crippen molar-refractivity contribution in [2.75, 3.05) is 6.54 Å². The highest BCUT2D eigenvalue weighted by Crippen LogP contribution is 2.34. The third kappa shape index (κ3) is 3.39. The van der Waals surface area contributed by atoms with Gasteiger partial charge in [-0.15, -0.1) is 11.3 Å². The Hall–Kier alpha value is -0.260. The Kier molecular flexibility index (Phi) is 4.92. The SMILES string of the molecule is NCC(Oc1ccc(Cl)cc1Cl)c1ccc(Br)s1. The van der Waals surface area contributed by atoms with Gasteiger partial charge in [0, 0.05) is 16.4 Å². The van der Waals surface area contributed by atoms with Crippen molar-refractivity contribution in [2.45, 2.75) is 6.10 Å². The molecule has 18 heavy (non-hydrogen) atoms. The maximum absolute atomic E-state index is 6.07. The molecule has 0 aliphatic heterocycles. The molecular weight excluding hydrogens is 357 g/mol. The van der Waals surface area contributed by atoms with E-state index in [1.165, 1.54) is 0 Å². The summed E-state index contributed by atoms with van der Waals surface area (Å²) < 4.78 is 6.87. The first-order chi connectivity index (χ1) is 8.60. The van der Waals surface area contributed by atoms with Crippen LogP contribution < -0.4 is 10.5 Å². The van der Waals surface area contributed by atoms with Gasteiger partial charge >= 0.3 is 0 Å². The van der Waals surface area contributed by atoms with Crippen molar-refractivity contribution in [1.29, 1.82) is 0 Å². The smallest absolute Gasteiger partial charge is 0.145 e. The third-order valence-electron chi connectivity index (χ3n) is 2.29. The summed E-state index contributed by atoms with van der Waals surface area (Å²) in [5, 5.41) is 1.06. The molecule has 0 aliphatic carbocycles. The summed E-state index contributed by atoms with van der Waals surface area (Å²) >= 11 is 16.9. The summed E-state index contributed by atoms with van der Waals surface area (Å²) in [5.41, 5.74) is 5.74. The van der Waals surface area contributed by atoms with Gasteiger partial charge in [0.05, 0.1) is 8.81 Å². The van der Waals surface area contributed by atoms with E-state index in [1.54, 1.807) is 29.5 Å². The van der Waals surface area contributed by atoms with Crippen LogP contribution in [0.5, 0.6) is 5.75 Å². The van der Waals surface area contributed by atoms with E-state index in [2.05, 4.69) is 15.9 Å². The maximum Gasteiger partial charge on any atom is 0.145 e. The Morgan fingerprint density at radius 1 is 1.28 bits per heavy atom. The molecule has 1 unspecified atom stereocenters. The Labute approximate surface area is 128 Å². The van der Waals surface area contributed by atoms with Crippen molar-refractivity contribution in [3.05, 3.63) is 49.0 Å². The number of nitrogens with two attached hydrogens (primary N) is 1. The van der Waals surface area contributed by atoms with Crippen molar-refractivity contribution in [1.82, 2.24) is 0 Å². The fourth-order valence-electron chi connectivity index (χ4n) is 1.45. The Balaban J connectivity index is 2.20. The molecule has 1 aromatic carbocycles. The van der Waals surface area contributed by atoms with Gasteiger partial charge in [-0.1, -0.05) is 23.2 Å². The van der Waals surface area contributed by atoms with E-state index in [1.807, 2.05) is 12.1 Å². The fourth-order valence-corrected chi connectivity index (χ4v) is 3.37. The summed E-state index contributed by atoms with van der Waals surface area (Å²) in [6.07, 6.45) is -0.208. The normalized spacial score (nSPS) is 12.4. The number of hydrogen-bond donors (Lipinski definition) is 1. The van der Waals surface area contributed by atoms with Crippen LogP contribution in [0.3, 0.4) is 0 Å². The lowest BCUT2D eigenvalue weighted by molar-refractivity contribution is 0.218. The topological polar surface area (TPSA) is 35.2 Å². The molecule has 0 aliphatic rings. The molecule has 0 bridgehead atoms. The molecule has 0 amide bonds. The molecule has 2 aromatic rings. The molecule has 0 saturated carbocycles. The monoisotopic (exact) mass is 365 g/mol. The van der Waals surface area contributed by atoms with Gasteiger partial charge in [-0.2, -0.15) is 0 Å². The minimum atomic E-state index is -0.208. The Bertz CT molecular complexity index is 547. The van der Waals surface area contributed by atoms with E-state index in [0.717, 1.165) is 8.66 Å². The van der Waals surface area contributed by atoms with Crippen LogP contribution in [-0.4, -0.2) is 6.54 Å². The van der Waals surface area contributed by atoms with Crippen LogP contribution in [0, 0.1) is 0 Å². The highest BCUT2D eigenvalue weighted by atomic mass is 79.9. The van der Waals surface area contributed by atoms with Gasteiger partial charge in [0.25, 0.3) is 0 Å². The molecule has 2 N–H and O–H groups in total. The summed E-state index contributed by atoms with van der Waals surface area (Å²) in [7, 11) is 0. The van der Waals surface area contributed by atoms with Crippen LogP contribution in [-0.2, 0) is 0 Å². The van der Waals surface area contributed by atoms with E-state index >= 15 is 0 Å². The van der Waals surface area contributed by atoms with E-state index in [0.29, 0.717) is 22.3 Å². The van der Waals surface area contributed by atoms with Crippen LogP contribution in [0.2, 0.25) is 10.0 Å². The first kappa shape index (κ1) is 14.2. The van der Waals surface area contributed by atoms with Gasteiger partial charge in [0.2, 0.25) is 0 Å². The summed E-state index contributed by atoms with van der Waals surface area (Å²) in [4.78, 5) is 1.05. The molecular formula is C12H10BrCl2NOS. The molecule has 0 saturated heterocycles. The highest BCUT2D eigenvalue weighted by molar-refractivity contribution is 9.11. The Morgan fingerprint density at radius 2 is 2.06 bits per heavy atom. The zero-order valence-electron chi connectivity index (χ0n) is 9.20. The molecule has 6 heteroatoms. The molecule has 0 radical (unpaired) electrons. The Morgan fingerprint density at radius 3 is 2.61 bits per heavy atom. The largest absolute Gasteiger partial charge is 0.482 e. The summed E-state index contributed by atoms with van der Waals surface area (Å²) in [5.74, 6) is 0.584. The highest BCUT2D eigenvalue weighted by Gasteiger charge is 2.15. The number of thiophene rings is 1. The zero-order chi connectivity index (χ0) is 13.1. The van der Waals surface area contributed by atoms with Gasteiger partial charge in [-0.05, 0) is 46.3 Å². The van der Waals surface area contributed by atoms with Gasteiger partial charge in [0.15, 0.2) is 0 Å². The van der Waals surface area contributed by atoms with Crippen LogP contribution in [0.4, 0.5) is 0 Å². The number of rotatable bonds is 4. The molecule has 1 heterocycles. The van der Waals surface area contributed by atoms with Crippen LogP contribution >= 0.6 is 50.5 Å². The average molecular weight is 367 g/mol. The number of halogens is 3. The van der Waals surface area contributed by atoms with Crippen molar-refractivity contribution < 1.29 is 4.74 Å². The van der Waals surface area contributed by atoms with Crippen molar-refractivity contribution in [2.24, 2.45) is 5.73 Å². The molecule has 1 atom stereocenters.